The first-order valence-electron chi connectivity index (χ1n) is 8.84. The van der Waals surface area contributed by atoms with Crippen LogP contribution in [0, 0.1) is 17.8 Å². The lowest BCUT2D eigenvalue weighted by Crippen LogP contribution is -2.65. The summed E-state index contributed by atoms with van der Waals surface area (Å²) in [6, 6.07) is -1.10. The molecular weight excluding hydrogens is 310 g/mol. The molecule has 0 aromatic rings. The molecule has 4 fully saturated rings. The van der Waals surface area contributed by atoms with Gasteiger partial charge in [0.15, 0.2) is 0 Å². The number of carbonyl (C=O) groups is 3. The van der Waals surface area contributed by atoms with Crippen molar-refractivity contribution in [1.82, 2.24) is 10.2 Å². The summed E-state index contributed by atoms with van der Waals surface area (Å²) in [5, 5.41) is 11.5. The van der Waals surface area contributed by atoms with Crippen molar-refractivity contribution < 1.29 is 19.5 Å². The molecule has 134 valence electrons. The van der Waals surface area contributed by atoms with Gasteiger partial charge in [-0.3, -0.25) is 14.4 Å². The van der Waals surface area contributed by atoms with Gasteiger partial charge in [0.2, 0.25) is 12.3 Å². The predicted molar refractivity (Wildman–Crippen MR) is 86.6 cm³/mol. The van der Waals surface area contributed by atoms with E-state index in [0.29, 0.717) is 17.8 Å². The van der Waals surface area contributed by atoms with E-state index in [-0.39, 0.29) is 5.54 Å². The van der Waals surface area contributed by atoms with Gasteiger partial charge < -0.3 is 21.1 Å². The molecule has 4 bridgehead atoms. The molecule has 0 heterocycles. The molecule has 0 aliphatic heterocycles. The zero-order valence-corrected chi connectivity index (χ0v) is 14.1. The van der Waals surface area contributed by atoms with E-state index in [1.54, 1.807) is 11.8 Å². The Bertz CT molecular complexity index is 501. The van der Waals surface area contributed by atoms with Crippen molar-refractivity contribution in [3.8, 4) is 0 Å². The van der Waals surface area contributed by atoms with Crippen molar-refractivity contribution >= 4 is 18.3 Å². The minimum Gasteiger partial charge on any atom is -0.481 e. The van der Waals surface area contributed by atoms with Gasteiger partial charge >= 0.3 is 5.97 Å². The lowest BCUT2D eigenvalue weighted by Gasteiger charge is -2.60. The van der Waals surface area contributed by atoms with Gasteiger partial charge in [-0.05, 0) is 63.2 Å². The van der Waals surface area contributed by atoms with Crippen LogP contribution in [0.1, 0.15) is 51.9 Å². The Balaban J connectivity index is 1.68. The summed E-state index contributed by atoms with van der Waals surface area (Å²) in [7, 11) is 0. The number of aliphatic carboxylic acids is 1. The zero-order valence-electron chi connectivity index (χ0n) is 14.1. The summed E-state index contributed by atoms with van der Waals surface area (Å²) < 4.78 is 0. The van der Waals surface area contributed by atoms with E-state index in [1.807, 2.05) is 0 Å². The minimum atomic E-state index is -1.11. The van der Waals surface area contributed by atoms with E-state index >= 15 is 0 Å². The molecule has 2 amide bonds. The molecule has 2 unspecified atom stereocenters. The van der Waals surface area contributed by atoms with Crippen LogP contribution in [0.4, 0.5) is 0 Å². The smallest absolute Gasteiger partial charge is 0.305 e. The van der Waals surface area contributed by atoms with E-state index in [0.717, 1.165) is 25.7 Å². The van der Waals surface area contributed by atoms with Crippen molar-refractivity contribution in [2.75, 3.05) is 0 Å². The van der Waals surface area contributed by atoms with Gasteiger partial charge in [0.25, 0.3) is 0 Å². The van der Waals surface area contributed by atoms with E-state index < -0.39 is 30.5 Å². The molecule has 7 nitrogen and oxygen atoms in total. The molecule has 4 saturated carbocycles. The van der Waals surface area contributed by atoms with E-state index in [2.05, 4.69) is 5.32 Å². The Labute approximate surface area is 141 Å². The van der Waals surface area contributed by atoms with Crippen LogP contribution in [0.3, 0.4) is 0 Å². The summed E-state index contributed by atoms with van der Waals surface area (Å²) in [4.78, 5) is 36.4. The third-order valence-electron chi connectivity index (χ3n) is 6.17. The largest absolute Gasteiger partial charge is 0.481 e. The van der Waals surface area contributed by atoms with Gasteiger partial charge in [0.1, 0.15) is 6.17 Å². The van der Waals surface area contributed by atoms with Crippen LogP contribution in [0.2, 0.25) is 0 Å². The van der Waals surface area contributed by atoms with Crippen molar-refractivity contribution in [1.29, 1.82) is 0 Å². The quantitative estimate of drug-likeness (QED) is 0.467. The van der Waals surface area contributed by atoms with E-state index in [1.165, 1.54) is 19.3 Å². The molecule has 4 N–H and O–H groups in total. The van der Waals surface area contributed by atoms with Gasteiger partial charge in [-0.15, -0.1) is 0 Å². The molecule has 0 aromatic carbocycles. The van der Waals surface area contributed by atoms with Crippen molar-refractivity contribution in [3.05, 3.63) is 0 Å². The number of carbonyl (C=O) groups excluding carboxylic acids is 2. The summed E-state index contributed by atoms with van der Waals surface area (Å²) in [5.41, 5.74) is 5.46. The highest BCUT2D eigenvalue weighted by molar-refractivity contribution is 5.86. The third-order valence-corrected chi connectivity index (χ3v) is 6.17. The second-order valence-electron chi connectivity index (χ2n) is 8.04. The fourth-order valence-corrected chi connectivity index (χ4v) is 5.66. The maximum Gasteiger partial charge on any atom is 0.305 e. The zero-order chi connectivity index (χ0) is 17.5. The maximum absolute atomic E-state index is 12.1. The second-order valence-corrected chi connectivity index (χ2v) is 8.04. The SMILES string of the molecule is CC(NC(=O)C(N)CC(=O)O)N(C=O)C12CC3CC(CC(C3)C1)C2. The fraction of sp³-hybridized carbons (Fsp3) is 0.824. The standard InChI is InChI=1S/C17H27N3O4/c1-10(19-16(24)14(18)5-15(22)23)20(9-21)17-6-11-2-12(7-17)4-13(3-11)8-17/h9-14H,2-8,18H2,1H3,(H,19,24)(H,22,23). The number of carboxylic acid groups (broad SMARTS) is 1. The van der Waals surface area contributed by atoms with Crippen LogP contribution in [0.15, 0.2) is 0 Å². The Morgan fingerprint density at radius 3 is 2.17 bits per heavy atom. The van der Waals surface area contributed by atoms with Crippen LogP contribution in [0.5, 0.6) is 0 Å². The van der Waals surface area contributed by atoms with E-state index in [9.17, 15) is 14.4 Å². The fourth-order valence-electron chi connectivity index (χ4n) is 5.66. The highest BCUT2D eigenvalue weighted by Gasteiger charge is 2.54. The summed E-state index contributed by atoms with van der Waals surface area (Å²) in [6.07, 6.45) is 6.81. The third kappa shape index (κ3) is 3.14. The molecule has 0 aromatic heterocycles. The predicted octanol–water partition coefficient (Wildman–Crippen LogP) is 0.678. The van der Waals surface area contributed by atoms with Gasteiger partial charge in [-0.1, -0.05) is 0 Å². The molecule has 7 heteroatoms. The first-order chi connectivity index (χ1) is 11.3. The Hall–Kier alpha value is -1.63. The number of nitrogens with one attached hydrogen (secondary N) is 1. The van der Waals surface area contributed by atoms with Crippen molar-refractivity contribution in [2.24, 2.45) is 23.5 Å². The highest BCUT2D eigenvalue weighted by atomic mass is 16.4. The van der Waals surface area contributed by atoms with Crippen LogP contribution in [-0.4, -0.2) is 46.0 Å². The number of amides is 2. The molecule has 0 radical (unpaired) electrons. The van der Waals surface area contributed by atoms with Crippen molar-refractivity contribution in [2.45, 2.75) is 69.6 Å². The first kappa shape index (κ1) is 17.2. The lowest BCUT2D eigenvalue weighted by molar-refractivity contribution is -0.148. The molecule has 24 heavy (non-hydrogen) atoms. The number of hydrogen-bond acceptors (Lipinski definition) is 4. The number of hydrogen-bond donors (Lipinski definition) is 3. The van der Waals surface area contributed by atoms with E-state index in [4.69, 9.17) is 10.8 Å². The number of rotatable bonds is 7. The monoisotopic (exact) mass is 337 g/mol. The Kier molecular flexibility index (Phi) is 4.55. The average Bonchev–Trinajstić information content (AvgIpc) is 2.45. The molecule has 4 aliphatic rings. The summed E-state index contributed by atoms with van der Waals surface area (Å²) in [6.45, 7) is 1.78. The van der Waals surface area contributed by atoms with Crippen LogP contribution in [-0.2, 0) is 14.4 Å². The molecular formula is C17H27N3O4. The van der Waals surface area contributed by atoms with Gasteiger partial charge in [0, 0.05) is 5.54 Å². The first-order valence-corrected chi connectivity index (χ1v) is 8.84. The van der Waals surface area contributed by atoms with Crippen LogP contribution < -0.4 is 11.1 Å². The van der Waals surface area contributed by atoms with Gasteiger partial charge in [-0.25, -0.2) is 0 Å². The normalized spacial score (nSPS) is 36.0. The molecule has 2 atom stereocenters. The minimum absolute atomic E-state index is 0.153. The molecule has 4 aliphatic carbocycles. The Morgan fingerprint density at radius 2 is 1.75 bits per heavy atom. The maximum atomic E-state index is 12.1. The second kappa shape index (κ2) is 6.35. The molecule has 0 spiro atoms. The topological polar surface area (TPSA) is 113 Å². The highest BCUT2D eigenvalue weighted by Crippen LogP contribution is 2.57. The number of nitrogens with zero attached hydrogens (tertiary/aromatic N) is 1. The lowest BCUT2D eigenvalue weighted by atomic mass is 9.52. The Morgan fingerprint density at radius 1 is 1.25 bits per heavy atom. The number of carboxylic acids is 1. The van der Waals surface area contributed by atoms with Crippen molar-refractivity contribution in [3.63, 3.8) is 0 Å². The van der Waals surface area contributed by atoms with Gasteiger partial charge in [-0.2, -0.15) is 0 Å². The van der Waals surface area contributed by atoms with Crippen LogP contribution >= 0.6 is 0 Å². The summed E-state index contributed by atoms with van der Waals surface area (Å²) in [5.74, 6) is 0.433. The molecule has 4 rings (SSSR count). The number of nitrogens with two attached hydrogens (primary N) is 1. The van der Waals surface area contributed by atoms with Crippen LogP contribution in [0.25, 0.3) is 0 Å². The molecule has 0 saturated heterocycles. The van der Waals surface area contributed by atoms with Gasteiger partial charge in [0.05, 0.1) is 12.5 Å². The summed E-state index contributed by atoms with van der Waals surface area (Å²) >= 11 is 0. The average molecular weight is 337 g/mol.